The Hall–Kier alpha value is -1.60. The maximum absolute atomic E-state index is 12.6. The van der Waals surface area contributed by atoms with Crippen molar-refractivity contribution >= 4 is 11.6 Å². The predicted molar refractivity (Wildman–Crippen MR) is 85.7 cm³/mol. The van der Waals surface area contributed by atoms with Crippen molar-refractivity contribution in [1.29, 1.82) is 0 Å². The summed E-state index contributed by atoms with van der Waals surface area (Å²) < 4.78 is 43.0. The van der Waals surface area contributed by atoms with Crippen LogP contribution in [0.5, 0.6) is 0 Å². The summed E-state index contributed by atoms with van der Waals surface area (Å²) in [7, 11) is 0. The van der Waals surface area contributed by atoms with E-state index in [9.17, 15) is 18.0 Å². The van der Waals surface area contributed by atoms with E-state index in [0.29, 0.717) is 18.9 Å². The number of hydrogen-bond donors (Lipinski definition) is 2. The van der Waals surface area contributed by atoms with E-state index in [4.69, 9.17) is 4.74 Å². The second-order valence-electron chi connectivity index (χ2n) is 6.34. The Labute approximate surface area is 139 Å². The summed E-state index contributed by atoms with van der Waals surface area (Å²) in [5.41, 5.74) is -0.381. The lowest BCUT2D eigenvalue weighted by molar-refractivity contribution is -0.137. The van der Waals surface area contributed by atoms with Gasteiger partial charge in [-0.2, -0.15) is 13.2 Å². The van der Waals surface area contributed by atoms with Gasteiger partial charge in [0.2, 0.25) is 5.91 Å². The molecule has 1 aromatic rings. The lowest BCUT2D eigenvalue weighted by Crippen LogP contribution is -2.50. The van der Waals surface area contributed by atoms with E-state index < -0.39 is 17.8 Å². The van der Waals surface area contributed by atoms with Gasteiger partial charge in [-0.15, -0.1) is 0 Å². The fraction of sp³-hybridized carbons (Fsp3) is 0.588. The second-order valence-corrected chi connectivity index (χ2v) is 6.34. The first kappa shape index (κ1) is 18.7. The molecule has 0 aromatic heterocycles. The van der Waals surface area contributed by atoms with Crippen molar-refractivity contribution in [3.63, 3.8) is 0 Å². The maximum Gasteiger partial charge on any atom is 0.416 e. The van der Waals surface area contributed by atoms with Crippen molar-refractivity contribution in [2.75, 3.05) is 18.5 Å². The number of anilines is 1. The molecule has 2 N–H and O–H groups in total. The van der Waals surface area contributed by atoms with Gasteiger partial charge in [0.15, 0.2) is 0 Å². The summed E-state index contributed by atoms with van der Waals surface area (Å²) in [5, 5.41) is 6.03. The van der Waals surface area contributed by atoms with Gasteiger partial charge in [0.05, 0.1) is 11.6 Å². The molecular formula is C17H23F3N2O2. The number of carbonyl (C=O) groups is 1. The average Bonchev–Trinajstić information content (AvgIpc) is 2.53. The predicted octanol–water partition coefficient (Wildman–Crippen LogP) is 3.44. The molecule has 1 aliphatic rings. The Morgan fingerprint density at radius 1 is 1.17 bits per heavy atom. The van der Waals surface area contributed by atoms with Crippen molar-refractivity contribution in [3.05, 3.63) is 29.8 Å². The Balaban J connectivity index is 1.99. The van der Waals surface area contributed by atoms with E-state index >= 15 is 0 Å². The highest BCUT2D eigenvalue weighted by Crippen LogP contribution is 2.29. The molecule has 0 spiro atoms. The number of hydrogen-bond acceptors (Lipinski definition) is 3. The fourth-order valence-corrected chi connectivity index (χ4v) is 2.65. The SMILES string of the molecule is CC(C)[C@@H](NC1CCOCC1)C(=O)Nc1ccc(C(F)(F)F)cc1. The van der Waals surface area contributed by atoms with Crippen molar-refractivity contribution in [3.8, 4) is 0 Å². The molecule has 7 heteroatoms. The number of ether oxygens (including phenoxy) is 1. The number of nitrogens with one attached hydrogen (secondary N) is 2. The minimum atomic E-state index is -4.38. The summed E-state index contributed by atoms with van der Waals surface area (Å²) in [4.78, 5) is 12.5. The molecule has 1 saturated heterocycles. The number of halogens is 3. The molecule has 0 radical (unpaired) electrons. The highest BCUT2D eigenvalue weighted by atomic mass is 19.4. The molecule has 1 atom stereocenters. The van der Waals surface area contributed by atoms with Crippen LogP contribution >= 0.6 is 0 Å². The average molecular weight is 344 g/mol. The van der Waals surface area contributed by atoms with Crippen LogP contribution in [0.15, 0.2) is 24.3 Å². The van der Waals surface area contributed by atoms with Gasteiger partial charge in [0, 0.05) is 24.9 Å². The third kappa shape index (κ3) is 5.21. The minimum absolute atomic E-state index is 0.0577. The number of amides is 1. The van der Waals surface area contributed by atoms with Crippen LogP contribution in [0.4, 0.5) is 18.9 Å². The maximum atomic E-state index is 12.6. The Morgan fingerprint density at radius 3 is 2.25 bits per heavy atom. The monoisotopic (exact) mass is 344 g/mol. The molecule has 0 aliphatic carbocycles. The normalized spacial score (nSPS) is 17.8. The molecule has 0 unspecified atom stereocenters. The highest BCUT2D eigenvalue weighted by molar-refractivity contribution is 5.95. The summed E-state index contributed by atoms with van der Waals surface area (Å²) in [5.74, 6) is -0.182. The van der Waals surface area contributed by atoms with Crippen molar-refractivity contribution in [2.24, 2.45) is 5.92 Å². The summed E-state index contributed by atoms with van der Waals surface area (Å²) in [6.07, 6.45) is -2.69. The van der Waals surface area contributed by atoms with E-state index in [0.717, 1.165) is 25.0 Å². The van der Waals surface area contributed by atoms with E-state index in [1.54, 1.807) is 0 Å². The third-order valence-corrected chi connectivity index (χ3v) is 4.07. The molecule has 0 saturated carbocycles. The van der Waals surface area contributed by atoms with Crippen molar-refractivity contribution < 1.29 is 22.7 Å². The Morgan fingerprint density at radius 2 is 1.75 bits per heavy atom. The molecule has 1 fully saturated rings. The van der Waals surface area contributed by atoms with Crippen LogP contribution in [0.3, 0.4) is 0 Å². The van der Waals surface area contributed by atoms with Crippen LogP contribution in [0.2, 0.25) is 0 Å². The van der Waals surface area contributed by atoms with E-state index in [1.807, 2.05) is 13.8 Å². The highest BCUT2D eigenvalue weighted by Gasteiger charge is 2.30. The Kier molecular flexibility index (Phi) is 6.23. The van der Waals surface area contributed by atoms with Crippen molar-refractivity contribution in [2.45, 2.75) is 44.9 Å². The van der Waals surface area contributed by atoms with E-state index in [1.165, 1.54) is 12.1 Å². The van der Waals surface area contributed by atoms with Gasteiger partial charge >= 0.3 is 6.18 Å². The van der Waals surface area contributed by atoms with Crippen LogP contribution in [-0.2, 0) is 15.7 Å². The molecule has 1 aromatic carbocycles. The van der Waals surface area contributed by atoms with Gasteiger partial charge < -0.3 is 15.4 Å². The van der Waals surface area contributed by atoms with Gasteiger partial charge in [0.1, 0.15) is 0 Å². The summed E-state index contributed by atoms with van der Waals surface area (Å²) in [6, 6.07) is 4.27. The zero-order valence-electron chi connectivity index (χ0n) is 13.8. The lowest BCUT2D eigenvalue weighted by Gasteiger charge is -2.30. The first-order valence-corrected chi connectivity index (χ1v) is 8.09. The zero-order valence-corrected chi connectivity index (χ0v) is 13.8. The molecule has 0 bridgehead atoms. The molecule has 1 heterocycles. The number of carbonyl (C=O) groups excluding carboxylic acids is 1. The van der Waals surface area contributed by atoms with Gasteiger partial charge in [-0.3, -0.25) is 4.79 Å². The summed E-state index contributed by atoms with van der Waals surface area (Å²) >= 11 is 0. The smallest absolute Gasteiger partial charge is 0.381 e. The van der Waals surface area contributed by atoms with Gasteiger partial charge in [0.25, 0.3) is 0 Å². The van der Waals surface area contributed by atoms with Crippen LogP contribution in [0, 0.1) is 5.92 Å². The standard InChI is InChI=1S/C17H23F3N2O2/c1-11(2)15(21-14-7-9-24-10-8-14)16(23)22-13-5-3-12(4-6-13)17(18,19)20/h3-6,11,14-15,21H,7-10H2,1-2H3,(H,22,23)/t15-/m1/s1. The lowest BCUT2D eigenvalue weighted by atomic mass is 10.00. The molecule has 24 heavy (non-hydrogen) atoms. The number of benzene rings is 1. The van der Waals surface area contributed by atoms with Gasteiger partial charge in [-0.05, 0) is 43.0 Å². The molecule has 4 nitrogen and oxygen atoms in total. The quantitative estimate of drug-likeness (QED) is 0.860. The topological polar surface area (TPSA) is 50.4 Å². The molecule has 1 amide bonds. The number of alkyl halides is 3. The fourth-order valence-electron chi connectivity index (χ4n) is 2.65. The van der Waals surface area contributed by atoms with Crippen molar-refractivity contribution in [1.82, 2.24) is 5.32 Å². The number of rotatable bonds is 5. The molecule has 1 aliphatic heterocycles. The second kappa shape index (κ2) is 7.98. The van der Waals surface area contributed by atoms with E-state index in [-0.39, 0.29) is 17.9 Å². The molecule has 2 rings (SSSR count). The molecular weight excluding hydrogens is 321 g/mol. The van der Waals surface area contributed by atoms with Crippen LogP contribution in [0.25, 0.3) is 0 Å². The first-order valence-electron chi connectivity index (χ1n) is 8.09. The van der Waals surface area contributed by atoms with Crippen LogP contribution in [-0.4, -0.2) is 31.2 Å². The zero-order chi connectivity index (χ0) is 17.7. The Bertz CT molecular complexity index is 538. The largest absolute Gasteiger partial charge is 0.416 e. The van der Waals surface area contributed by atoms with Gasteiger partial charge in [-0.1, -0.05) is 13.8 Å². The minimum Gasteiger partial charge on any atom is -0.381 e. The third-order valence-electron chi connectivity index (χ3n) is 4.07. The van der Waals surface area contributed by atoms with Crippen LogP contribution in [0.1, 0.15) is 32.3 Å². The van der Waals surface area contributed by atoms with Gasteiger partial charge in [-0.25, -0.2) is 0 Å². The van der Waals surface area contributed by atoms with Crippen LogP contribution < -0.4 is 10.6 Å². The molecule has 134 valence electrons. The van der Waals surface area contributed by atoms with E-state index in [2.05, 4.69) is 10.6 Å². The first-order chi connectivity index (χ1) is 11.3. The summed E-state index contributed by atoms with van der Waals surface area (Å²) in [6.45, 7) is 5.21.